The minimum absolute atomic E-state index is 0.0938. The van der Waals surface area contributed by atoms with Gasteiger partial charge < -0.3 is 9.73 Å². The summed E-state index contributed by atoms with van der Waals surface area (Å²) in [6, 6.07) is 17.1. The Labute approximate surface area is 173 Å². The van der Waals surface area contributed by atoms with Crippen LogP contribution in [0.1, 0.15) is 15.9 Å². The van der Waals surface area contributed by atoms with Gasteiger partial charge in [-0.15, -0.1) is 0 Å². The number of oxazole rings is 1. The van der Waals surface area contributed by atoms with Crippen LogP contribution >= 0.6 is 15.9 Å². The number of rotatable bonds is 4. The molecule has 1 heterocycles. The molecule has 4 rings (SSSR count). The largest absolute Gasteiger partial charge is 0.436 e. The van der Waals surface area contributed by atoms with E-state index in [-0.39, 0.29) is 11.3 Å². The van der Waals surface area contributed by atoms with E-state index >= 15 is 0 Å². The van der Waals surface area contributed by atoms with E-state index in [0.717, 1.165) is 10.0 Å². The monoisotopic (exact) mass is 451 g/mol. The maximum absolute atomic E-state index is 12.5. The third kappa shape index (κ3) is 3.88. The molecule has 0 aliphatic heterocycles. The van der Waals surface area contributed by atoms with Gasteiger partial charge in [0.15, 0.2) is 5.58 Å². The van der Waals surface area contributed by atoms with Crippen LogP contribution in [0.2, 0.25) is 0 Å². The second-order valence-corrected chi connectivity index (χ2v) is 7.34. The fourth-order valence-electron chi connectivity index (χ4n) is 2.87. The van der Waals surface area contributed by atoms with E-state index in [1.165, 1.54) is 6.07 Å². The first-order valence-corrected chi connectivity index (χ1v) is 9.43. The smallest absolute Gasteiger partial charge is 0.273 e. The number of hydrogen-bond acceptors (Lipinski definition) is 5. The van der Waals surface area contributed by atoms with Crippen molar-refractivity contribution in [2.24, 2.45) is 0 Å². The first-order chi connectivity index (χ1) is 13.9. The van der Waals surface area contributed by atoms with Gasteiger partial charge in [0.1, 0.15) is 5.52 Å². The zero-order valence-electron chi connectivity index (χ0n) is 15.2. The summed E-state index contributed by atoms with van der Waals surface area (Å²) >= 11 is 3.39. The molecule has 0 aliphatic carbocycles. The first-order valence-electron chi connectivity index (χ1n) is 8.63. The van der Waals surface area contributed by atoms with Crippen molar-refractivity contribution in [3.8, 4) is 11.5 Å². The molecule has 3 aromatic carbocycles. The molecule has 1 N–H and O–H groups in total. The lowest BCUT2D eigenvalue weighted by atomic mass is 10.1. The van der Waals surface area contributed by atoms with Crippen molar-refractivity contribution in [1.82, 2.24) is 4.98 Å². The van der Waals surface area contributed by atoms with Crippen LogP contribution in [-0.2, 0) is 0 Å². The molecule has 1 aromatic heterocycles. The van der Waals surface area contributed by atoms with Gasteiger partial charge in [0, 0.05) is 32.9 Å². The Kier molecular flexibility index (Phi) is 4.85. The van der Waals surface area contributed by atoms with Gasteiger partial charge in [-0.05, 0) is 55.5 Å². The predicted molar refractivity (Wildman–Crippen MR) is 113 cm³/mol. The number of aromatic nitrogens is 1. The molecule has 144 valence electrons. The maximum Gasteiger partial charge on any atom is 0.273 e. The Balaban J connectivity index is 1.60. The van der Waals surface area contributed by atoms with Crippen molar-refractivity contribution in [1.29, 1.82) is 0 Å². The molecule has 0 radical (unpaired) electrons. The van der Waals surface area contributed by atoms with E-state index in [1.54, 1.807) is 37.3 Å². The molecule has 0 aliphatic rings. The van der Waals surface area contributed by atoms with Gasteiger partial charge in [0.2, 0.25) is 5.89 Å². The van der Waals surface area contributed by atoms with Crippen LogP contribution in [0.5, 0.6) is 0 Å². The van der Waals surface area contributed by atoms with E-state index in [2.05, 4.69) is 26.2 Å². The summed E-state index contributed by atoms with van der Waals surface area (Å²) in [6.07, 6.45) is 0. The molecule has 0 bridgehead atoms. The number of hydrogen-bond donors (Lipinski definition) is 1. The molecule has 0 fully saturated rings. The number of nitro groups is 1. The second-order valence-electron chi connectivity index (χ2n) is 6.42. The zero-order valence-corrected chi connectivity index (χ0v) is 16.8. The number of aryl methyl sites for hydroxylation is 1. The molecule has 0 saturated heterocycles. The van der Waals surface area contributed by atoms with Crippen LogP contribution in [0.4, 0.5) is 11.4 Å². The molecule has 8 heteroatoms. The molecule has 0 spiro atoms. The van der Waals surface area contributed by atoms with Crippen molar-refractivity contribution >= 4 is 44.3 Å². The van der Waals surface area contributed by atoms with Crippen molar-refractivity contribution in [3.05, 3.63) is 86.4 Å². The number of halogens is 1. The van der Waals surface area contributed by atoms with Crippen LogP contribution < -0.4 is 5.32 Å². The number of amides is 1. The van der Waals surface area contributed by atoms with Crippen molar-refractivity contribution in [2.45, 2.75) is 6.92 Å². The number of nitrogens with zero attached hydrogens (tertiary/aromatic N) is 2. The van der Waals surface area contributed by atoms with Crippen LogP contribution in [0.3, 0.4) is 0 Å². The van der Waals surface area contributed by atoms with E-state index in [4.69, 9.17) is 4.42 Å². The molecular weight excluding hydrogens is 438 g/mol. The first kappa shape index (κ1) is 18.8. The number of nitrogens with one attached hydrogen (secondary N) is 1. The van der Waals surface area contributed by atoms with Gasteiger partial charge in [-0.3, -0.25) is 14.9 Å². The SMILES string of the molecule is Cc1ccc(C(=O)Nc2ccc3oc(-c4ccc(Br)cc4)nc3c2)cc1[N+](=O)[O-]. The van der Waals surface area contributed by atoms with Crippen LogP contribution in [-0.4, -0.2) is 15.8 Å². The van der Waals surface area contributed by atoms with Crippen LogP contribution in [0, 0.1) is 17.0 Å². The summed E-state index contributed by atoms with van der Waals surface area (Å²) < 4.78 is 6.74. The van der Waals surface area contributed by atoms with E-state index in [0.29, 0.717) is 28.2 Å². The Morgan fingerprint density at radius 1 is 1.10 bits per heavy atom. The van der Waals surface area contributed by atoms with E-state index in [9.17, 15) is 14.9 Å². The Morgan fingerprint density at radius 3 is 2.59 bits per heavy atom. The summed E-state index contributed by atoms with van der Waals surface area (Å²) in [5.74, 6) is 0.0363. The van der Waals surface area contributed by atoms with Crippen LogP contribution in [0.25, 0.3) is 22.6 Å². The van der Waals surface area contributed by atoms with Gasteiger partial charge in [-0.2, -0.15) is 0 Å². The Morgan fingerprint density at radius 2 is 1.86 bits per heavy atom. The highest BCUT2D eigenvalue weighted by Crippen LogP contribution is 2.27. The molecule has 0 atom stereocenters. The fraction of sp³-hybridized carbons (Fsp3) is 0.0476. The van der Waals surface area contributed by atoms with E-state index in [1.807, 2.05) is 24.3 Å². The summed E-state index contributed by atoms with van der Waals surface area (Å²) in [7, 11) is 0. The average molecular weight is 452 g/mol. The third-order valence-corrected chi connectivity index (χ3v) is 4.93. The molecule has 0 unspecified atom stereocenters. The summed E-state index contributed by atoms with van der Waals surface area (Å²) in [4.78, 5) is 27.6. The Hall–Kier alpha value is -3.52. The molecule has 29 heavy (non-hydrogen) atoms. The lowest BCUT2D eigenvalue weighted by Gasteiger charge is -2.06. The minimum Gasteiger partial charge on any atom is -0.436 e. The number of fused-ring (bicyclic) bond motifs is 1. The molecule has 0 saturated carbocycles. The summed E-state index contributed by atoms with van der Waals surface area (Å²) in [5, 5.41) is 13.8. The highest BCUT2D eigenvalue weighted by Gasteiger charge is 2.16. The lowest BCUT2D eigenvalue weighted by molar-refractivity contribution is -0.385. The number of carbonyl (C=O) groups is 1. The number of carbonyl (C=O) groups excluding carboxylic acids is 1. The topological polar surface area (TPSA) is 98.3 Å². The number of benzene rings is 3. The fourth-order valence-corrected chi connectivity index (χ4v) is 3.14. The Bertz CT molecular complexity index is 1250. The zero-order chi connectivity index (χ0) is 20.5. The molecular formula is C21H14BrN3O4. The minimum atomic E-state index is -0.503. The second kappa shape index (κ2) is 7.48. The highest BCUT2D eigenvalue weighted by atomic mass is 79.9. The number of nitro benzene ring substituents is 1. The van der Waals surface area contributed by atoms with Gasteiger partial charge in [0.05, 0.1) is 4.92 Å². The van der Waals surface area contributed by atoms with E-state index < -0.39 is 10.8 Å². The third-order valence-electron chi connectivity index (χ3n) is 4.40. The van der Waals surface area contributed by atoms with Crippen molar-refractivity contribution in [2.75, 3.05) is 5.32 Å². The highest BCUT2D eigenvalue weighted by molar-refractivity contribution is 9.10. The molecule has 7 nitrogen and oxygen atoms in total. The number of anilines is 1. The van der Waals surface area contributed by atoms with Crippen molar-refractivity contribution in [3.63, 3.8) is 0 Å². The van der Waals surface area contributed by atoms with Crippen LogP contribution in [0.15, 0.2) is 69.6 Å². The lowest BCUT2D eigenvalue weighted by Crippen LogP contribution is -2.12. The summed E-state index contributed by atoms with van der Waals surface area (Å²) in [5.41, 5.74) is 3.14. The van der Waals surface area contributed by atoms with Gasteiger partial charge in [-0.1, -0.05) is 22.0 Å². The predicted octanol–water partition coefficient (Wildman–Crippen LogP) is 5.73. The van der Waals surface area contributed by atoms with Gasteiger partial charge >= 0.3 is 0 Å². The van der Waals surface area contributed by atoms with Gasteiger partial charge in [-0.25, -0.2) is 4.98 Å². The quantitative estimate of drug-likeness (QED) is 0.315. The molecule has 4 aromatic rings. The maximum atomic E-state index is 12.5. The summed E-state index contributed by atoms with van der Waals surface area (Å²) in [6.45, 7) is 1.63. The average Bonchev–Trinajstić information content (AvgIpc) is 3.12. The van der Waals surface area contributed by atoms with Gasteiger partial charge in [0.25, 0.3) is 11.6 Å². The molecule has 1 amide bonds. The normalized spacial score (nSPS) is 10.8. The van der Waals surface area contributed by atoms with Crippen molar-refractivity contribution < 1.29 is 14.1 Å². The standard InChI is InChI=1S/C21H14BrN3O4/c1-12-2-3-14(10-18(12)25(27)28)20(26)23-16-8-9-19-17(11-16)24-21(29-19)13-4-6-15(22)7-5-13/h2-11H,1H3,(H,23,26).